The summed E-state index contributed by atoms with van der Waals surface area (Å²) in [6.45, 7) is 5.83. The Labute approximate surface area is 358 Å². The molecule has 4 heterocycles. The van der Waals surface area contributed by atoms with E-state index in [0.717, 1.165) is 86.6 Å². The van der Waals surface area contributed by atoms with Crippen LogP contribution in [0, 0.1) is 0 Å². The van der Waals surface area contributed by atoms with Crippen LogP contribution < -0.4 is 30.6 Å². The summed E-state index contributed by atoms with van der Waals surface area (Å²) in [5, 5.41) is 53.3. The van der Waals surface area contributed by atoms with Gasteiger partial charge in [-0.3, -0.25) is 9.97 Å². The molecular formula is C36H36Mn3N6O12. The van der Waals surface area contributed by atoms with Gasteiger partial charge >= 0.3 is 51.2 Å². The van der Waals surface area contributed by atoms with E-state index in [-0.39, 0.29) is 51.2 Å². The van der Waals surface area contributed by atoms with E-state index in [1.807, 2.05) is 84.9 Å². The number of pyridine rings is 2. The third kappa shape index (κ3) is 36.8. The number of aromatic amines is 2. The van der Waals surface area contributed by atoms with Crippen LogP contribution in [0.1, 0.15) is 41.5 Å². The normalized spacial score (nSPS) is 8.25. The van der Waals surface area contributed by atoms with E-state index in [9.17, 15) is 0 Å². The molecule has 4 aromatic heterocycles. The number of carbonyl (C=O) groups is 6. The van der Waals surface area contributed by atoms with E-state index in [1.165, 1.54) is 0 Å². The van der Waals surface area contributed by atoms with Gasteiger partial charge in [-0.25, -0.2) is 9.97 Å². The molecule has 0 aliphatic carbocycles. The maximum absolute atomic E-state index is 8.89. The van der Waals surface area contributed by atoms with Gasteiger partial charge in [-0.15, -0.1) is 0 Å². The van der Waals surface area contributed by atoms with Gasteiger partial charge in [-0.05, 0) is 90.1 Å². The molecule has 0 fully saturated rings. The van der Waals surface area contributed by atoms with Crippen molar-refractivity contribution in [3.8, 4) is 23.0 Å². The second-order valence-corrected chi connectivity index (χ2v) is 9.58. The summed E-state index contributed by atoms with van der Waals surface area (Å²) < 4.78 is 0. The Morgan fingerprint density at radius 2 is 0.632 bits per heavy atom. The fourth-order valence-electron chi connectivity index (χ4n) is 3.15. The van der Waals surface area contributed by atoms with Gasteiger partial charge in [-0.1, -0.05) is 36.4 Å². The SMILES string of the molecule is CC(=O)[O-].CC(=O)[O-].CC(=O)[O-].CC(=O)[O-].CC(=O)[O-].CC(=O)[O-].[Mn+2].[Mn+2].[Mn+2].c1ccc(-c2nc3ccccc3[nH]2)nc1.c1ccc(-c2nc3ccccc3[nH]2)nc1. The van der Waals surface area contributed by atoms with Crippen LogP contribution in [-0.2, 0) is 80.0 Å². The molecule has 21 heteroatoms. The molecule has 0 saturated heterocycles. The van der Waals surface area contributed by atoms with Crippen molar-refractivity contribution in [3.63, 3.8) is 0 Å². The van der Waals surface area contributed by atoms with Crippen molar-refractivity contribution < 1.29 is 111 Å². The quantitative estimate of drug-likeness (QED) is 0.174. The van der Waals surface area contributed by atoms with Crippen LogP contribution in [0.25, 0.3) is 45.1 Å². The van der Waals surface area contributed by atoms with E-state index in [2.05, 4.69) is 29.9 Å². The molecule has 2 N–H and O–H groups in total. The van der Waals surface area contributed by atoms with Crippen molar-refractivity contribution in [1.82, 2.24) is 29.9 Å². The summed E-state index contributed by atoms with van der Waals surface area (Å²) >= 11 is 0. The number of aromatic nitrogens is 6. The molecule has 57 heavy (non-hydrogen) atoms. The average molecular weight is 910 g/mol. The first kappa shape index (κ1) is 60.3. The van der Waals surface area contributed by atoms with Crippen LogP contribution in [0.2, 0.25) is 0 Å². The van der Waals surface area contributed by atoms with E-state index < -0.39 is 35.8 Å². The number of imidazole rings is 2. The standard InChI is InChI=1S/2C12H9N3.6C2H4O2.3Mn/c2*1-2-6-10-9(5-1)14-12(15-10)11-7-3-4-8-13-11;6*1-2(3)4;;;/h2*1-8H,(H,14,15);6*1H3,(H,3,4);;;/q;;;;;;;;3*+2/p-6. The number of aliphatic carboxylic acids is 6. The molecule has 0 spiro atoms. The number of carboxylic acids is 6. The van der Waals surface area contributed by atoms with Gasteiger partial charge in [0.05, 0.1) is 22.1 Å². The summed E-state index contributed by atoms with van der Waals surface area (Å²) in [7, 11) is 0. The number of rotatable bonds is 2. The molecule has 0 bridgehead atoms. The fourth-order valence-corrected chi connectivity index (χ4v) is 3.15. The molecule has 0 aliphatic rings. The summed E-state index contributed by atoms with van der Waals surface area (Å²) in [4.78, 5) is 77.2. The number of H-pyrrole nitrogens is 2. The van der Waals surface area contributed by atoms with Crippen LogP contribution in [0.3, 0.4) is 0 Å². The summed E-state index contributed by atoms with van der Waals surface area (Å²) in [5.41, 5.74) is 5.76. The van der Waals surface area contributed by atoms with Crippen LogP contribution in [0.4, 0.5) is 0 Å². The van der Waals surface area contributed by atoms with Crippen molar-refractivity contribution >= 4 is 57.9 Å². The second-order valence-electron chi connectivity index (χ2n) is 9.58. The fraction of sp³-hybridized carbons (Fsp3) is 0.167. The predicted octanol–water partition coefficient (Wildman–Crippen LogP) is -2.22. The molecule has 18 nitrogen and oxygen atoms in total. The third-order valence-corrected chi connectivity index (χ3v) is 4.59. The molecule has 0 aliphatic heterocycles. The van der Waals surface area contributed by atoms with Crippen molar-refractivity contribution in [3.05, 3.63) is 97.3 Å². The monoisotopic (exact) mass is 909 g/mol. The van der Waals surface area contributed by atoms with Gasteiger partial charge in [0.1, 0.15) is 11.4 Å². The number of benzene rings is 2. The number of hydrogen-bond acceptors (Lipinski definition) is 16. The molecule has 3 radical (unpaired) electrons. The Hall–Kier alpha value is -5.94. The number of carbonyl (C=O) groups excluding carboxylic acids is 6. The zero-order valence-corrected chi connectivity index (χ0v) is 34.6. The van der Waals surface area contributed by atoms with Gasteiger partial charge in [0, 0.05) is 48.2 Å². The molecule has 6 rings (SSSR count). The largest absolute Gasteiger partial charge is 2.00 e. The van der Waals surface area contributed by atoms with E-state index >= 15 is 0 Å². The van der Waals surface area contributed by atoms with Gasteiger partial charge in [0.25, 0.3) is 0 Å². The second kappa shape index (κ2) is 35.7. The van der Waals surface area contributed by atoms with Gasteiger partial charge in [0.15, 0.2) is 11.6 Å². The van der Waals surface area contributed by atoms with Gasteiger partial charge in [-0.2, -0.15) is 0 Å². The number of para-hydroxylation sites is 4. The Balaban J connectivity index is -0.000000199. The molecule has 0 amide bonds. The number of nitrogens with zero attached hydrogens (tertiary/aromatic N) is 4. The maximum atomic E-state index is 8.89. The molecule has 0 saturated carbocycles. The topological polar surface area (TPSA) is 324 Å². The van der Waals surface area contributed by atoms with Crippen LogP contribution in [0.5, 0.6) is 0 Å². The first-order valence-electron chi connectivity index (χ1n) is 15.0. The van der Waals surface area contributed by atoms with Crippen LogP contribution >= 0.6 is 0 Å². The number of carboxylic acid groups (broad SMARTS) is 6. The number of fused-ring (bicyclic) bond motifs is 2. The van der Waals surface area contributed by atoms with Crippen molar-refractivity contribution in [2.45, 2.75) is 41.5 Å². The minimum Gasteiger partial charge on any atom is -0.550 e. The minimum atomic E-state index is -1.08. The van der Waals surface area contributed by atoms with Crippen molar-refractivity contribution in [2.24, 2.45) is 0 Å². The summed E-state index contributed by atoms with van der Waals surface area (Å²) in [6, 6.07) is 27.5. The Morgan fingerprint density at radius 1 is 0.404 bits per heavy atom. The summed E-state index contributed by atoms with van der Waals surface area (Å²) in [5.74, 6) is -4.87. The smallest absolute Gasteiger partial charge is 0.550 e. The third-order valence-electron chi connectivity index (χ3n) is 4.59. The van der Waals surface area contributed by atoms with Gasteiger partial charge in [0.2, 0.25) is 0 Å². The Bertz CT molecular complexity index is 1740. The zero-order chi connectivity index (χ0) is 41.6. The van der Waals surface area contributed by atoms with Crippen molar-refractivity contribution in [1.29, 1.82) is 0 Å². The number of hydrogen-bond donors (Lipinski definition) is 2. The molecule has 0 atom stereocenters. The molecular weight excluding hydrogens is 873 g/mol. The first-order chi connectivity index (χ1) is 25.3. The van der Waals surface area contributed by atoms with E-state index in [1.54, 1.807) is 12.4 Å². The Morgan fingerprint density at radius 3 is 0.842 bits per heavy atom. The van der Waals surface area contributed by atoms with E-state index in [0.29, 0.717) is 0 Å². The molecule has 303 valence electrons. The van der Waals surface area contributed by atoms with Gasteiger partial charge < -0.3 is 69.4 Å². The van der Waals surface area contributed by atoms with Crippen LogP contribution in [0.15, 0.2) is 97.3 Å². The molecule has 6 aromatic rings. The summed E-state index contributed by atoms with van der Waals surface area (Å²) in [6.07, 6.45) is 3.53. The Kier molecular flexibility index (Phi) is 37.8. The predicted molar refractivity (Wildman–Crippen MR) is 183 cm³/mol. The first-order valence-corrected chi connectivity index (χ1v) is 15.0. The maximum Gasteiger partial charge on any atom is 2.00 e. The van der Waals surface area contributed by atoms with Crippen molar-refractivity contribution in [2.75, 3.05) is 0 Å². The zero-order valence-electron chi connectivity index (χ0n) is 31.1. The molecule has 2 aromatic carbocycles. The number of nitrogens with one attached hydrogen (secondary N) is 2. The van der Waals surface area contributed by atoms with Crippen LogP contribution in [-0.4, -0.2) is 65.7 Å². The van der Waals surface area contributed by atoms with E-state index in [4.69, 9.17) is 59.4 Å². The average Bonchev–Trinajstić information content (AvgIpc) is 3.70. The minimum absolute atomic E-state index is 0. The molecule has 0 unspecified atom stereocenters.